The van der Waals surface area contributed by atoms with Gasteiger partial charge >= 0.3 is 12.6 Å². The molecule has 0 spiro atoms. The number of alkyl halides is 2. The summed E-state index contributed by atoms with van der Waals surface area (Å²) in [6.07, 6.45) is -1.21. The van der Waals surface area contributed by atoms with Gasteiger partial charge in [0.05, 0.1) is 5.69 Å². The molecule has 0 aromatic heterocycles. The lowest BCUT2D eigenvalue weighted by molar-refractivity contribution is -0.166. The number of para-hydroxylation sites is 2. The van der Waals surface area contributed by atoms with Crippen molar-refractivity contribution < 1.29 is 32.6 Å². The van der Waals surface area contributed by atoms with Crippen LogP contribution in [0.25, 0.3) is 0 Å². The zero-order valence-corrected chi connectivity index (χ0v) is 16.7. The van der Waals surface area contributed by atoms with Gasteiger partial charge in [0.25, 0.3) is 5.91 Å². The number of benzene rings is 2. The van der Waals surface area contributed by atoms with Crippen LogP contribution >= 0.6 is 11.6 Å². The van der Waals surface area contributed by atoms with E-state index in [2.05, 4.69) is 10.1 Å². The van der Waals surface area contributed by atoms with Crippen LogP contribution < -0.4 is 14.8 Å². The zero-order valence-electron chi connectivity index (χ0n) is 15.9. The van der Waals surface area contributed by atoms with Crippen LogP contribution in [0.5, 0.6) is 11.5 Å². The van der Waals surface area contributed by atoms with Crippen LogP contribution in [-0.2, 0) is 14.3 Å². The number of hydrogen-bond donors (Lipinski definition) is 1. The lowest BCUT2D eigenvalue weighted by atomic mass is 10.1. The first-order chi connectivity index (χ1) is 13.6. The maximum atomic E-state index is 12.5. The molecule has 0 bridgehead atoms. The average Bonchev–Trinajstić information content (AvgIpc) is 2.64. The summed E-state index contributed by atoms with van der Waals surface area (Å²) in [6.45, 7) is 1.28. The molecule has 0 saturated carbocycles. The van der Waals surface area contributed by atoms with Gasteiger partial charge in [-0.05, 0) is 57.2 Å². The smallest absolute Gasteiger partial charge is 0.387 e. The molecule has 2 aromatic carbocycles. The minimum absolute atomic E-state index is 0.0253. The molecule has 2 rings (SSSR count). The summed E-state index contributed by atoms with van der Waals surface area (Å²) in [6, 6.07) is 12.1. The topological polar surface area (TPSA) is 73.9 Å². The Balaban J connectivity index is 1.99. The second-order valence-corrected chi connectivity index (χ2v) is 6.91. The maximum Gasteiger partial charge on any atom is 0.387 e. The second kappa shape index (κ2) is 9.56. The van der Waals surface area contributed by atoms with Crippen LogP contribution in [-0.4, -0.2) is 30.2 Å². The Morgan fingerprint density at radius 1 is 1.07 bits per heavy atom. The zero-order chi connectivity index (χ0) is 21.6. The van der Waals surface area contributed by atoms with Crippen molar-refractivity contribution in [3.05, 3.63) is 53.6 Å². The van der Waals surface area contributed by atoms with Crippen LogP contribution in [0.4, 0.5) is 14.5 Å². The van der Waals surface area contributed by atoms with Gasteiger partial charge in [0, 0.05) is 5.02 Å². The van der Waals surface area contributed by atoms with Gasteiger partial charge in [-0.2, -0.15) is 8.78 Å². The van der Waals surface area contributed by atoms with Crippen molar-refractivity contribution in [2.45, 2.75) is 39.1 Å². The minimum atomic E-state index is -3.05. The Labute approximate surface area is 171 Å². The predicted octanol–water partition coefficient (Wildman–Crippen LogP) is 4.67. The van der Waals surface area contributed by atoms with Gasteiger partial charge in [-0.25, -0.2) is 4.79 Å². The van der Waals surface area contributed by atoms with E-state index in [0.717, 1.165) is 0 Å². The molecule has 0 aliphatic heterocycles. The molecular formula is C20H20ClF2NO5. The number of amides is 1. The molecule has 1 atom stereocenters. The van der Waals surface area contributed by atoms with E-state index in [0.29, 0.717) is 10.8 Å². The van der Waals surface area contributed by atoms with E-state index in [4.69, 9.17) is 21.1 Å². The van der Waals surface area contributed by atoms with Crippen molar-refractivity contribution in [2.24, 2.45) is 0 Å². The second-order valence-electron chi connectivity index (χ2n) is 6.48. The van der Waals surface area contributed by atoms with Crippen molar-refractivity contribution in [3.8, 4) is 11.5 Å². The van der Waals surface area contributed by atoms with E-state index in [1.54, 1.807) is 24.3 Å². The Hall–Kier alpha value is -2.87. The van der Waals surface area contributed by atoms with E-state index >= 15 is 0 Å². The number of carbonyl (C=O) groups is 2. The highest BCUT2D eigenvalue weighted by atomic mass is 35.5. The molecule has 1 amide bonds. The van der Waals surface area contributed by atoms with Crippen molar-refractivity contribution in [1.82, 2.24) is 0 Å². The first-order valence-corrected chi connectivity index (χ1v) is 8.96. The molecule has 9 heteroatoms. The van der Waals surface area contributed by atoms with E-state index in [1.165, 1.54) is 45.0 Å². The lowest BCUT2D eigenvalue weighted by Crippen LogP contribution is -2.43. The molecular weight excluding hydrogens is 408 g/mol. The van der Waals surface area contributed by atoms with Crippen molar-refractivity contribution >= 4 is 29.2 Å². The quantitative estimate of drug-likeness (QED) is 0.620. The highest BCUT2D eigenvalue weighted by molar-refractivity contribution is 6.30. The molecule has 2 aromatic rings. The number of hydrogen-bond acceptors (Lipinski definition) is 5. The largest absolute Gasteiger partial charge is 0.476 e. The summed E-state index contributed by atoms with van der Waals surface area (Å²) in [5, 5.41) is 2.91. The summed E-state index contributed by atoms with van der Waals surface area (Å²) in [5.41, 5.74) is -1.36. The molecule has 29 heavy (non-hydrogen) atoms. The fourth-order valence-corrected chi connectivity index (χ4v) is 2.32. The maximum absolute atomic E-state index is 12.5. The number of ether oxygens (including phenoxy) is 3. The van der Waals surface area contributed by atoms with Crippen molar-refractivity contribution in [3.63, 3.8) is 0 Å². The summed E-state index contributed by atoms with van der Waals surface area (Å²) in [4.78, 5) is 24.8. The van der Waals surface area contributed by atoms with Crippen molar-refractivity contribution in [1.29, 1.82) is 0 Å². The van der Waals surface area contributed by atoms with E-state index < -0.39 is 30.2 Å². The molecule has 6 nitrogen and oxygen atoms in total. The Morgan fingerprint density at radius 2 is 1.69 bits per heavy atom. The van der Waals surface area contributed by atoms with Gasteiger partial charge in [-0.1, -0.05) is 23.7 Å². The Morgan fingerprint density at radius 3 is 2.31 bits per heavy atom. The Kier molecular flexibility index (Phi) is 7.39. The molecule has 0 radical (unpaired) electrons. The average molecular weight is 428 g/mol. The third-order valence-electron chi connectivity index (χ3n) is 3.69. The van der Waals surface area contributed by atoms with Crippen LogP contribution in [0.2, 0.25) is 5.02 Å². The highest BCUT2D eigenvalue weighted by Crippen LogP contribution is 2.26. The third-order valence-corrected chi connectivity index (χ3v) is 3.94. The molecule has 0 heterocycles. The first kappa shape index (κ1) is 22.4. The van der Waals surface area contributed by atoms with Crippen LogP contribution in [0.15, 0.2) is 48.5 Å². The Bertz CT molecular complexity index is 858. The minimum Gasteiger partial charge on any atom is -0.476 e. The number of halogens is 3. The summed E-state index contributed by atoms with van der Waals surface area (Å²) >= 11 is 5.81. The predicted molar refractivity (Wildman–Crippen MR) is 103 cm³/mol. The molecule has 0 aliphatic carbocycles. The number of carbonyl (C=O) groups excluding carboxylic acids is 2. The van der Waals surface area contributed by atoms with Gasteiger partial charge in [0.2, 0.25) is 0 Å². The van der Waals surface area contributed by atoms with E-state index in [1.807, 2.05) is 0 Å². The standard InChI is InChI=1S/C20H20ClF2NO5/c1-12(17(25)24-15-6-4-5-7-16(15)28-19(22)23)27-18(26)20(2,3)29-14-10-8-13(21)9-11-14/h4-12,19H,1-3H3,(H,24,25). The molecule has 0 fully saturated rings. The molecule has 0 saturated heterocycles. The monoisotopic (exact) mass is 427 g/mol. The number of anilines is 1. The van der Waals surface area contributed by atoms with Crippen LogP contribution in [0.3, 0.4) is 0 Å². The highest BCUT2D eigenvalue weighted by Gasteiger charge is 2.34. The van der Waals surface area contributed by atoms with Crippen LogP contribution in [0.1, 0.15) is 20.8 Å². The lowest BCUT2D eigenvalue weighted by Gasteiger charge is -2.26. The molecule has 1 unspecified atom stereocenters. The molecule has 156 valence electrons. The van der Waals surface area contributed by atoms with Gasteiger partial charge in [-0.15, -0.1) is 0 Å². The first-order valence-electron chi connectivity index (χ1n) is 8.59. The fourth-order valence-electron chi connectivity index (χ4n) is 2.20. The van der Waals surface area contributed by atoms with Gasteiger partial charge in [0.1, 0.15) is 11.5 Å². The fraction of sp³-hybridized carbons (Fsp3) is 0.300. The number of esters is 1. The molecule has 1 N–H and O–H groups in total. The normalized spacial score (nSPS) is 12.2. The van der Waals surface area contributed by atoms with Gasteiger partial charge in [-0.3, -0.25) is 4.79 Å². The van der Waals surface area contributed by atoms with Gasteiger partial charge in [0.15, 0.2) is 11.7 Å². The summed E-state index contributed by atoms with van der Waals surface area (Å²) < 4.78 is 40.1. The van der Waals surface area contributed by atoms with E-state index in [-0.39, 0.29) is 11.4 Å². The van der Waals surface area contributed by atoms with Crippen LogP contribution in [0, 0.1) is 0 Å². The van der Waals surface area contributed by atoms with E-state index in [9.17, 15) is 18.4 Å². The third kappa shape index (κ3) is 6.60. The summed E-state index contributed by atoms with van der Waals surface area (Å²) in [7, 11) is 0. The SMILES string of the molecule is CC(OC(=O)C(C)(C)Oc1ccc(Cl)cc1)C(=O)Nc1ccccc1OC(F)F. The number of nitrogens with one attached hydrogen (secondary N) is 1. The van der Waals surface area contributed by atoms with Crippen molar-refractivity contribution in [2.75, 3.05) is 5.32 Å². The molecule has 0 aliphatic rings. The number of rotatable bonds is 8. The summed E-state index contributed by atoms with van der Waals surface area (Å²) in [5.74, 6) is -1.31. The van der Waals surface area contributed by atoms with Gasteiger partial charge < -0.3 is 19.5 Å².